The molecular weight excluding hydrogens is 206 g/mol. The predicted octanol–water partition coefficient (Wildman–Crippen LogP) is 1.96. The van der Waals surface area contributed by atoms with E-state index in [0.717, 1.165) is 11.6 Å². The van der Waals surface area contributed by atoms with Crippen molar-refractivity contribution in [3.05, 3.63) is 10.8 Å². The second-order valence-corrected chi connectivity index (χ2v) is 4.73. The summed E-state index contributed by atoms with van der Waals surface area (Å²) >= 11 is 7.19. The third kappa shape index (κ3) is 1.20. The van der Waals surface area contributed by atoms with Crippen molar-refractivity contribution in [1.82, 2.24) is 13.6 Å². The molecule has 5 heteroatoms. The van der Waals surface area contributed by atoms with Gasteiger partial charge in [-0.2, -0.15) is 8.75 Å². The zero-order valence-corrected chi connectivity index (χ0v) is 8.68. The molecule has 3 unspecified atom stereocenters. The van der Waals surface area contributed by atoms with Crippen LogP contribution < -0.4 is 0 Å². The van der Waals surface area contributed by atoms with Gasteiger partial charge < -0.3 is 0 Å². The lowest BCUT2D eigenvalue weighted by molar-refractivity contribution is 0.262. The van der Waals surface area contributed by atoms with Crippen molar-refractivity contribution in [2.45, 2.75) is 18.9 Å². The summed E-state index contributed by atoms with van der Waals surface area (Å²) < 4.78 is 8.29. The lowest BCUT2D eigenvalue weighted by atomic mass is 9.99. The van der Waals surface area contributed by atoms with E-state index in [9.17, 15) is 0 Å². The van der Waals surface area contributed by atoms with E-state index in [1.165, 1.54) is 37.7 Å². The normalized spacial score (nSPS) is 37.2. The van der Waals surface area contributed by atoms with Crippen LogP contribution in [0, 0.1) is 5.92 Å². The Morgan fingerprint density at radius 2 is 2.38 bits per heavy atom. The van der Waals surface area contributed by atoms with E-state index in [4.69, 9.17) is 11.6 Å². The topological polar surface area (TPSA) is 29.0 Å². The minimum Gasteiger partial charge on any atom is -0.294 e. The number of hydrogen-bond donors (Lipinski definition) is 0. The second kappa shape index (κ2) is 2.90. The molecule has 0 radical (unpaired) electrons. The Bertz CT molecular complexity index is 327. The first kappa shape index (κ1) is 8.15. The summed E-state index contributed by atoms with van der Waals surface area (Å²) in [4.78, 5) is 2.48. The zero-order valence-electron chi connectivity index (χ0n) is 7.11. The fourth-order valence-electron chi connectivity index (χ4n) is 2.47. The molecule has 70 valence electrons. The van der Waals surface area contributed by atoms with Crippen LogP contribution in [-0.4, -0.2) is 26.7 Å². The van der Waals surface area contributed by atoms with Crippen molar-refractivity contribution in [2.24, 2.45) is 5.92 Å². The summed E-state index contributed by atoms with van der Waals surface area (Å²) in [6.45, 7) is 2.45. The number of nitrogens with zero attached hydrogens (tertiary/aromatic N) is 3. The largest absolute Gasteiger partial charge is 0.294 e. The molecule has 0 saturated carbocycles. The fraction of sp³-hybridized carbons (Fsp3) is 0.750. The summed E-state index contributed by atoms with van der Waals surface area (Å²) in [5, 5.41) is 0.613. The number of halogens is 1. The average Bonchev–Trinajstić information content (AvgIpc) is 2.77. The minimum atomic E-state index is 0.463. The Balaban J connectivity index is 1.91. The second-order valence-electron chi connectivity index (χ2n) is 3.84. The molecule has 2 saturated heterocycles. The van der Waals surface area contributed by atoms with Gasteiger partial charge in [0.25, 0.3) is 0 Å². The molecule has 1 aromatic heterocycles. The summed E-state index contributed by atoms with van der Waals surface area (Å²) in [6.07, 6.45) is 2.58. The standard InChI is InChI=1S/C8H10ClN3S/c9-8-7(10-13-11-8)6-3-5-1-2-12(6)4-5/h5-6H,1-4H2. The maximum atomic E-state index is 5.97. The van der Waals surface area contributed by atoms with Crippen LogP contribution in [-0.2, 0) is 0 Å². The Labute approximate surface area is 86.0 Å². The van der Waals surface area contributed by atoms with Gasteiger partial charge in [-0.25, -0.2) is 0 Å². The van der Waals surface area contributed by atoms with Gasteiger partial charge in [0.2, 0.25) is 0 Å². The zero-order chi connectivity index (χ0) is 8.84. The van der Waals surface area contributed by atoms with Gasteiger partial charge in [-0.1, -0.05) is 11.6 Å². The Morgan fingerprint density at radius 3 is 2.92 bits per heavy atom. The number of hydrogen-bond acceptors (Lipinski definition) is 4. The van der Waals surface area contributed by atoms with Crippen molar-refractivity contribution < 1.29 is 0 Å². The van der Waals surface area contributed by atoms with Crippen LogP contribution in [0.3, 0.4) is 0 Å². The predicted molar refractivity (Wildman–Crippen MR) is 52.0 cm³/mol. The molecule has 0 spiro atoms. The smallest absolute Gasteiger partial charge is 0.167 e. The van der Waals surface area contributed by atoms with Gasteiger partial charge >= 0.3 is 0 Å². The summed E-state index contributed by atoms with van der Waals surface area (Å²) in [5.41, 5.74) is 1.01. The molecule has 2 aliphatic heterocycles. The Hall–Kier alpha value is -0.190. The van der Waals surface area contributed by atoms with Gasteiger partial charge in [0.15, 0.2) is 5.15 Å². The molecule has 0 aliphatic carbocycles. The van der Waals surface area contributed by atoms with Gasteiger partial charge in [0.1, 0.15) is 5.69 Å². The van der Waals surface area contributed by atoms with Crippen LogP contribution in [0.5, 0.6) is 0 Å². The van der Waals surface area contributed by atoms with E-state index >= 15 is 0 Å². The summed E-state index contributed by atoms with van der Waals surface area (Å²) in [7, 11) is 0. The SMILES string of the molecule is Clc1nsnc1C1CC2CCN1C2. The summed E-state index contributed by atoms with van der Waals surface area (Å²) in [5.74, 6) is 0.878. The first-order chi connectivity index (χ1) is 6.34. The molecule has 13 heavy (non-hydrogen) atoms. The van der Waals surface area contributed by atoms with Gasteiger partial charge in [-0.15, -0.1) is 0 Å². The van der Waals surface area contributed by atoms with Crippen LogP contribution in [0.2, 0.25) is 5.15 Å². The first-order valence-electron chi connectivity index (χ1n) is 4.56. The van der Waals surface area contributed by atoms with Crippen LogP contribution >= 0.6 is 23.3 Å². The number of aromatic nitrogens is 2. The molecule has 0 aromatic carbocycles. The molecule has 0 N–H and O–H groups in total. The molecule has 2 fully saturated rings. The van der Waals surface area contributed by atoms with Crippen molar-refractivity contribution in [3.8, 4) is 0 Å². The van der Waals surface area contributed by atoms with Gasteiger partial charge in [-0.05, 0) is 25.3 Å². The number of fused-ring (bicyclic) bond motifs is 2. The van der Waals surface area contributed by atoms with Crippen molar-refractivity contribution in [1.29, 1.82) is 0 Å². The molecule has 3 heterocycles. The van der Waals surface area contributed by atoms with Crippen molar-refractivity contribution >= 4 is 23.3 Å². The number of rotatable bonds is 1. The van der Waals surface area contributed by atoms with Crippen LogP contribution in [0.4, 0.5) is 0 Å². The molecule has 0 amide bonds. The molecular formula is C8H10ClN3S. The highest BCUT2D eigenvalue weighted by Crippen LogP contribution is 2.42. The third-order valence-corrected chi connectivity index (χ3v) is 4.02. The van der Waals surface area contributed by atoms with Crippen LogP contribution in [0.1, 0.15) is 24.6 Å². The maximum Gasteiger partial charge on any atom is 0.167 e. The van der Waals surface area contributed by atoms with E-state index in [0.29, 0.717) is 11.2 Å². The Kier molecular flexibility index (Phi) is 1.82. The van der Waals surface area contributed by atoms with Gasteiger partial charge in [-0.3, -0.25) is 4.90 Å². The van der Waals surface area contributed by atoms with E-state index in [1.54, 1.807) is 0 Å². The first-order valence-corrected chi connectivity index (χ1v) is 5.67. The molecule has 3 rings (SSSR count). The molecule has 3 atom stereocenters. The third-order valence-electron chi connectivity index (χ3n) is 3.10. The van der Waals surface area contributed by atoms with Crippen LogP contribution in [0.15, 0.2) is 0 Å². The summed E-state index contributed by atoms with van der Waals surface area (Å²) in [6, 6.07) is 0.463. The van der Waals surface area contributed by atoms with Crippen molar-refractivity contribution in [3.63, 3.8) is 0 Å². The van der Waals surface area contributed by atoms with Crippen LogP contribution in [0.25, 0.3) is 0 Å². The quantitative estimate of drug-likeness (QED) is 0.717. The maximum absolute atomic E-state index is 5.97. The molecule has 1 aromatic rings. The lowest BCUT2D eigenvalue weighted by Crippen LogP contribution is -2.22. The monoisotopic (exact) mass is 215 g/mol. The minimum absolute atomic E-state index is 0.463. The number of piperidine rings is 1. The van der Waals surface area contributed by atoms with E-state index in [2.05, 4.69) is 13.6 Å². The highest BCUT2D eigenvalue weighted by atomic mass is 35.5. The van der Waals surface area contributed by atoms with E-state index in [-0.39, 0.29) is 0 Å². The molecule has 2 aliphatic rings. The van der Waals surface area contributed by atoms with Gasteiger partial charge in [0, 0.05) is 6.54 Å². The lowest BCUT2D eigenvalue weighted by Gasteiger charge is -2.22. The van der Waals surface area contributed by atoms with E-state index in [1.807, 2.05) is 0 Å². The molecule has 3 nitrogen and oxygen atoms in total. The van der Waals surface area contributed by atoms with Gasteiger partial charge in [0.05, 0.1) is 17.8 Å². The fourth-order valence-corrected chi connectivity index (χ4v) is 3.28. The average molecular weight is 216 g/mol. The van der Waals surface area contributed by atoms with E-state index < -0.39 is 0 Å². The highest BCUT2D eigenvalue weighted by molar-refractivity contribution is 6.99. The Morgan fingerprint density at radius 1 is 1.46 bits per heavy atom. The van der Waals surface area contributed by atoms with Crippen molar-refractivity contribution in [2.75, 3.05) is 13.1 Å². The molecule has 2 bridgehead atoms. The highest BCUT2D eigenvalue weighted by Gasteiger charge is 2.40.